The number of benzene rings is 4. The van der Waals surface area contributed by atoms with Gasteiger partial charge in [0.15, 0.2) is 0 Å². The fourth-order valence-corrected chi connectivity index (χ4v) is 5.22. The lowest BCUT2D eigenvalue weighted by Gasteiger charge is -2.12. The molecule has 2 aliphatic rings. The summed E-state index contributed by atoms with van der Waals surface area (Å²) in [7, 11) is -1.34. The van der Waals surface area contributed by atoms with Crippen molar-refractivity contribution in [3.8, 4) is 11.1 Å². The third-order valence-corrected chi connectivity index (χ3v) is 7.42. The Morgan fingerprint density at radius 3 is 1.95 bits per heavy atom. The predicted octanol–water partition coefficient (Wildman–Crippen LogP) is 5.40. The number of halogens is 3. The van der Waals surface area contributed by atoms with E-state index in [1.807, 2.05) is 42.8 Å². The van der Waals surface area contributed by atoms with Crippen LogP contribution in [0.5, 0.6) is 0 Å². The van der Waals surface area contributed by atoms with E-state index >= 15 is 0 Å². The molecule has 0 bridgehead atoms. The lowest BCUT2D eigenvalue weighted by molar-refractivity contribution is 0.426. The molecule has 194 valence electrons. The molecule has 0 amide bonds. The fourth-order valence-electron chi connectivity index (χ4n) is 4.78. The topological polar surface area (TPSA) is 92.5 Å². The van der Waals surface area contributed by atoms with Gasteiger partial charge in [0.05, 0.1) is 12.1 Å². The van der Waals surface area contributed by atoms with Gasteiger partial charge in [-0.1, -0.05) is 60.7 Å². The van der Waals surface area contributed by atoms with Crippen LogP contribution in [0.3, 0.4) is 0 Å². The Balaban J connectivity index is 0.000000141. The van der Waals surface area contributed by atoms with E-state index in [1.54, 1.807) is 30.3 Å². The number of nitrogens with two attached hydrogens (primary N) is 2. The molecule has 0 radical (unpaired) electrons. The maximum atomic E-state index is 14.0. The highest BCUT2D eigenvalue weighted by Gasteiger charge is 2.25. The minimum atomic E-state index is -1.34. The summed E-state index contributed by atoms with van der Waals surface area (Å²) < 4.78 is 27.8. The van der Waals surface area contributed by atoms with Gasteiger partial charge in [-0.3, -0.25) is 0 Å². The van der Waals surface area contributed by atoms with Gasteiger partial charge in [0.25, 0.3) is 0 Å². The summed E-state index contributed by atoms with van der Waals surface area (Å²) in [6.07, 6.45) is 6.26. The van der Waals surface area contributed by atoms with E-state index in [1.165, 1.54) is 6.07 Å². The highest BCUT2D eigenvalue weighted by Crippen LogP contribution is 2.37. The van der Waals surface area contributed by atoms with Crippen LogP contribution in [-0.4, -0.2) is 17.2 Å². The van der Waals surface area contributed by atoms with Crippen LogP contribution in [0.25, 0.3) is 11.1 Å². The fraction of sp³-hybridized carbons (Fsp3) is 0.167. The molecule has 0 heterocycles. The molecular formula is C30H29BBrF2N2O2+. The molecule has 0 spiro atoms. The first-order chi connectivity index (χ1) is 18.3. The van der Waals surface area contributed by atoms with Crippen LogP contribution in [0.15, 0.2) is 77.3 Å². The highest BCUT2D eigenvalue weighted by atomic mass is 79.9. The molecule has 4 aromatic carbocycles. The molecule has 4 nitrogen and oxygen atoms in total. The van der Waals surface area contributed by atoms with E-state index < -0.39 is 7.12 Å². The molecule has 4 aromatic rings. The monoisotopic (exact) mass is 577 g/mol. The van der Waals surface area contributed by atoms with Gasteiger partial charge in [-0.2, -0.15) is 0 Å². The van der Waals surface area contributed by atoms with Crippen LogP contribution in [-0.2, 0) is 25.7 Å². The van der Waals surface area contributed by atoms with Gasteiger partial charge >= 0.3 is 7.12 Å². The summed E-state index contributed by atoms with van der Waals surface area (Å²) in [5, 5.41) is 17.2. The summed E-state index contributed by atoms with van der Waals surface area (Å²) in [4.78, 5) is 0. The molecule has 8 heteroatoms. The zero-order chi connectivity index (χ0) is 27.2. The van der Waals surface area contributed by atoms with E-state index in [0.29, 0.717) is 22.0 Å². The molecule has 0 saturated carbocycles. The average molecular weight is 578 g/mol. The maximum Gasteiger partial charge on any atom is 0.488 e. The largest absolute Gasteiger partial charge is 0.488 e. The van der Waals surface area contributed by atoms with Gasteiger partial charge in [-0.05, 0) is 69.5 Å². The number of hydrogen-bond donors (Lipinski definition) is 4. The van der Waals surface area contributed by atoms with Crippen LogP contribution in [0, 0.1) is 18.1 Å². The summed E-state index contributed by atoms with van der Waals surface area (Å²) in [5.74, 6) is -0.259. The lowest BCUT2D eigenvalue weighted by Crippen LogP contribution is -2.29. The molecule has 38 heavy (non-hydrogen) atoms. The SMILES string of the molecule is Nc1c(-c2ccccc2)cc(F)c2c1CCC2.Nc1c(Br)cc(F)c2c1C[CH+]C2.OB(O)c1ccccc1. The van der Waals surface area contributed by atoms with E-state index in [2.05, 4.69) is 15.9 Å². The maximum absolute atomic E-state index is 14.0. The van der Waals surface area contributed by atoms with E-state index in [4.69, 9.17) is 21.5 Å². The summed E-state index contributed by atoms with van der Waals surface area (Å²) in [5.41, 5.74) is 19.3. The first-order valence-electron chi connectivity index (χ1n) is 12.4. The molecule has 0 atom stereocenters. The second-order valence-electron chi connectivity index (χ2n) is 9.19. The van der Waals surface area contributed by atoms with Gasteiger partial charge in [0, 0.05) is 26.9 Å². The first-order valence-corrected chi connectivity index (χ1v) is 13.2. The summed E-state index contributed by atoms with van der Waals surface area (Å²) >= 11 is 3.22. The number of anilines is 2. The quantitative estimate of drug-likeness (QED) is 0.146. The van der Waals surface area contributed by atoms with Crippen molar-refractivity contribution in [2.45, 2.75) is 32.1 Å². The average Bonchev–Trinajstić information content (AvgIpc) is 3.63. The number of fused-ring (bicyclic) bond motifs is 2. The van der Waals surface area contributed by atoms with Crippen molar-refractivity contribution >= 4 is 39.9 Å². The second kappa shape index (κ2) is 12.5. The van der Waals surface area contributed by atoms with Crippen molar-refractivity contribution in [2.75, 3.05) is 11.5 Å². The van der Waals surface area contributed by atoms with Crippen molar-refractivity contribution in [1.82, 2.24) is 0 Å². The Hall–Kier alpha value is -3.33. The smallest absolute Gasteiger partial charge is 0.423 e. The molecule has 0 saturated heterocycles. The number of hydrogen-bond acceptors (Lipinski definition) is 4. The van der Waals surface area contributed by atoms with Gasteiger partial charge < -0.3 is 21.5 Å². The number of rotatable bonds is 2. The number of nitrogen functional groups attached to an aromatic ring is 2. The van der Waals surface area contributed by atoms with E-state index in [0.717, 1.165) is 64.8 Å². The first kappa shape index (κ1) is 27.7. The minimum absolute atomic E-state index is 0.106. The highest BCUT2D eigenvalue weighted by molar-refractivity contribution is 9.10. The van der Waals surface area contributed by atoms with Crippen molar-refractivity contribution < 1.29 is 18.8 Å². The van der Waals surface area contributed by atoms with Gasteiger partial charge in [-0.25, -0.2) is 8.78 Å². The van der Waals surface area contributed by atoms with E-state index in [9.17, 15) is 8.78 Å². The van der Waals surface area contributed by atoms with Crippen molar-refractivity contribution in [3.05, 3.63) is 118 Å². The molecule has 6 rings (SSSR count). The van der Waals surface area contributed by atoms with Gasteiger partial charge in [0.2, 0.25) is 0 Å². The molecule has 0 aliphatic heterocycles. The standard InChI is InChI=1S/C15H14FN.C9H8BrFN.C6H7BO2/c16-14-9-13(10-5-2-1-3-6-10)15(17)12-8-4-7-11(12)14;10-7-4-8(11)5-2-1-3-6(5)9(7)12;8-7(9)6-4-2-1-3-5-6/h1-3,5-6,9H,4,7-8,17H2;1,4H,2-3,12H2;1-5,8-9H/q;+1;. The zero-order valence-corrected chi connectivity index (χ0v) is 22.4. The van der Waals surface area contributed by atoms with E-state index in [-0.39, 0.29) is 11.6 Å². The van der Waals surface area contributed by atoms with Crippen LogP contribution in [0.1, 0.15) is 28.7 Å². The van der Waals surface area contributed by atoms with Crippen LogP contribution < -0.4 is 16.9 Å². The Morgan fingerprint density at radius 1 is 0.737 bits per heavy atom. The van der Waals surface area contributed by atoms with Crippen LogP contribution in [0.4, 0.5) is 20.2 Å². The van der Waals surface area contributed by atoms with Crippen molar-refractivity contribution in [2.24, 2.45) is 0 Å². The Labute approximate surface area is 230 Å². The third kappa shape index (κ3) is 6.21. The van der Waals surface area contributed by atoms with Crippen LogP contribution >= 0.6 is 15.9 Å². The predicted molar refractivity (Wildman–Crippen MR) is 155 cm³/mol. The molecule has 0 fully saturated rings. The molecule has 2 aliphatic carbocycles. The third-order valence-electron chi connectivity index (χ3n) is 6.76. The lowest BCUT2D eigenvalue weighted by atomic mass is 9.81. The Kier molecular flexibility index (Phi) is 9.10. The molecule has 0 aromatic heterocycles. The summed E-state index contributed by atoms with van der Waals surface area (Å²) in [6.45, 7) is 0. The zero-order valence-electron chi connectivity index (χ0n) is 20.8. The van der Waals surface area contributed by atoms with Gasteiger partial charge in [-0.15, -0.1) is 0 Å². The van der Waals surface area contributed by atoms with Crippen molar-refractivity contribution in [1.29, 1.82) is 0 Å². The minimum Gasteiger partial charge on any atom is -0.423 e. The molecular weight excluding hydrogens is 549 g/mol. The Morgan fingerprint density at radius 2 is 1.32 bits per heavy atom. The summed E-state index contributed by atoms with van der Waals surface area (Å²) in [6, 6.07) is 21.4. The van der Waals surface area contributed by atoms with Crippen molar-refractivity contribution in [3.63, 3.8) is 0 Å². The van der Waals surface area contributed by atoms with Gasteiger partial charge in [0.1, 0.15) is 24.5 Å². The van der Waals surface area contributed by atoms with Crippen LogP contribution in [0.2, 0.25) is 0 Å². The Bertz CT molecular complexity index is 1400. The molecule has 0 unspecified atom stereocenters. The normalized spacial score (nSPS) is 12.8. The second-order valence-corrected chi connectivity index (χ2v) is 10.0. The molecule has 6 N–H and O–H groups in total.